The van der Waals surface area contributed by atoms with E-state index >= 15 is 0 Å². The Balaban J connectivity index is 1.40. The predicted octanol–water partition coefficient (Wildman–Crippen LogP) is 5.25. The fraction of sp³-hybridized carbons (Fsp3) is 0.459. The van der Waals surface area contributed by atoms with Crippen LogP contribution in [0.15, 0.2) is 53.4 Å². The second-order valence-electron chi connectivity index (χ2n) is 13.7. The lowest BCUT2D eigenvalue weighted by Gasteiger charge is -2.24. The molecule has 0 bridgehead atoms. The number of benzene rings is 3. The van der Waals surface area contributed by atoms with Gasteiger partial charge in [-0.25, -0.2) is 17.9 Å². The van der Waals surface area contributed by atoms with Crippen molar-refractivity contribution in [3.63, 3.8) is 0 Å². The molecule has 1 amide bonds. The maximum atomic E-state index is 14.2. The van der Waals surface area contributed by atoms with Gasteiger partial charge in [0, 0.05) is 25.6 Å². The lowest BCUT2D eigenvalue weighted by atomic mass is 9.86. The molecule has 0 saturated heterocycles. The summed E-state index contributed by atoms with van der Waals surface area (Å²) < 4.78 is 59.5. The highest BCUT2D eigenvalue weighted by atomic mass is 32.2. The number of nitrogens with one attached hydrogen (secondary N) is 1. The molecule has 2 atom stereocenters. The Hall–Kier alpha value is -4.89. The van der Waals surface area contributed by atoms with Crippen molar-refractivity contribution in [2.24, 2.45) is 7.05 Å². The lowest BCUT2D eigenvalue weighted by Crippen LogP contribution is -2.35. The third-order valence-electron chi connectivity index (χ3n) is 8.47. The monoisotopic (exact) mass is 737 g/mol. The molecule has 0 radical (unpaired) electrons. The zero-order valence-electron chi connectivity index (χ0n) is 30.9. The maximum Gasteiger partial charge on any atom is 0.407 e. The summed E-state index contributed by atoms with van der Waals surface area (Å²) in [6.07, 6.45) is -0.987. The zero-order chi connectivity index (χ0) is 37.8. The molecule has 5 rings (SSSR count). The van der Waals surface area contributed by atoms with Gasteiger partial charge in [-0.05, 0) is 88.1 Å². The topological polar surface area (TPSA) is 160 Å². The summed E-state index contributed by atoms with van der Waals surface area (Å²) in [5, 5.41) is 11.0. The van der Waals surface area contributed by atoms with Crippen molar-refractivity contribution >= 4 is 33.1 Å². The number of fused-ring (bicyclic) bond motifs is 2. The highest BCUT2D eigenvalue weighted by Gasteiger charge is 2.34. The average Bonchev–Trinajstić information content (AvgIpc) is 3.41. The summed E-state index contributed by atoms with van der Waals surface area (Å²) in [5.41, 5.74) is 3.97. The molecule has 4 aromatic rings. The number of carbonyl (C=O) groups is 2. The first-order valence-corrected chi connectivity index (χ1v) is 18.6. The molecule has 3 aromatic carbocycles. The van der Waals surface area contributed by atoms with Crippen LogP contribution in [0.5, 0.6) is 17.2 Å². The van der Waals surface area contributed by atoms with E-state index in [1.165, 1.54) is 10.4 Å². The Kier molecular flexibility index (Phi) is 11.6. The summed E-state index contributed by atoms with van der Waals surface area (Å²) in [4.78, 5) is 24.9. The van der Waals surface area contributed by atoms with Gasteiger partial charge in [-0.1, -0.05) is 23.4 Å². The summed E-state index contributed by atoms with van der Waals surface area (Å²) >= 11 is 0. The number of aromatic nitrogens is 3. The van der Waals surface area contributed by atoms with E-state index in [0.717, 1.165) is 27.8 Å². The number of amides is 1. The lowest BCUT2D eigenvalue weighted by molar-refractivity contribution is -0.143. The Bertz CT molecular complexity index is 2040. The van der Waals surface area contributed by atoms with Gasteiger partial charge in [0.2, 0.25) is 10.0 Å². The van der Waals surface area contributed by atoms with Crippen LogP contribution in [-0.4, -0.2) is 84.9 Å². The average molecular weight is 738 g/mol. The molecule has 0 saturated carbocycles. The minimum absolute atomic E-state index is 0.0226. The van der Waals surface area contributed by atoms with Crippen LogP contribution in [0.4, 0.5) is 4.79 Å². The standard InChI is InChI=1S/C37H47N5O9S/c1-9-48-34(43)20-29(26-17-30-35(32(18-26)47-8)41(7)40-39-30)25-11-10-23(2)27(16-25)22-42-21-24(3)50-31-19-28(12-13-33(31)52(42,45)46)49-15-14-38-36(44)51-37(4,5)6/h10-13,16-19,24,29H,9,14-15,20-22H2,1-8H3,(H,38,44)/t24-,29?/m1/s1. The number of hydrogen-bond acceptors (Lipinski definition) is 11. The van der Waals surface area contributed by atoms with Crippen LogP contribution in [0.3, 0.4) is 0 Å². The van der Waals surface area contributed by atoms with Crippen LogP contribution in [0.25, 0.3) is 11.0 Å². The molecular weight excluding hydrogens is 690 g/mol. The number of rotatable bonds is 12. The first kappa shape index (κ1) is 38.3. The van der Waals surface area contributed by atoms with Crippen molar-refractivity contribution in [1.29, 1.82) is 0 Å². The normalized spacial score (nSPS) is 16.3. The first-order valence-electron chi connectivity index (χ1n) is 17.1. The molecular formula is C37H47N5O9S. The Labute approximate surface area is 304 Å². The molecule has 52 heavy (non-hydrogen) atoms. The van der Waals surface area contributed by atoms with Gasteiger partial charge in [0.05, 0.1) is 33.2 Å². The van der Waals surface area contributed by atoms with Gasteiger partial charge < -0.3 is 29.0 Å². The van der Waals surface area contributed by atoms with Crippen LogP contribution >= 0.6 is 0 Å². The molecule has 2 heterocycles. The molecule has 1 aromatic heterocycles. The van der Waals surface area contributed by atoms with Gasteiger partial charge in [-0.2, -0.15) is 4.31 Å². The second-order valence-corrected chi connectivity index (χ2v) is 15.6. The number of ether oxygens (including phenoxy) is 5. The van der Waals surface area contributed by atoms with Gasteiger partial charge in [0.25, 0.3) is 0 Å². The van der Waals surface area contributed by atoms with Crippen LogP contribution in [0.1, 0.15) is 69.2 Å². The number of nitrogens with zero attached hydrogens (tertiary/aromatic N) is 4. The molecule has 280 valence electrons. The number of carbonyl (C=O) groups excluding carboxylic acids is 2. The maximum absolute atomic E-state index is 14.2. The third-order valence-corrected chi connectivity index (χ3v) is 10.3. The number of aryl methyl sites for hydroxylation is 2. The molecule has 1 N–H and O–H groups in total. The van der Waals surface area contributed by atoms with Crippen LogP contribution in [0.2, 0.25) is 0 Å². The fourth-order valence-electron chi connectivity index (χ4n) is 6.06. The number of sulfonamides is 1. The summed E-state index contributed by atoms with van der Waals surface area (Å²) in [6.45, 7) is 11.6. The van der Waals surface area contributed by atoms with E-state index in [1.54, 1.807) is 58.7 Å². The van der Waals surface area contributed by atoms with Crippen molar-refractivity contribution in [2.45, 2.75) is 77.0 Å². The molecule has 14 nitrogen and oxygen atoms in total. The van der Waals surface area contributed by atoms with Crippen LogP contribution in [0, 0.1) is 6.92 Å². The minimum Gasteiger partial charge on any atom is -0.494 e. The number of hydrogen-bond donors (Lipinski definition) is 1. The highest BCUT2D eigenvalue weighted by Crippen LogP contribution is 2.38. The van der Waals surface area contributed by atoms with Gasteiger partial charge >= 0.3 is 12.1 Å². The molecule has 0 fully saturated rings. The number of esters is 1. The fourth-order valence-corrected chi connectivity index (χ4v) is 7.66. The van der Waals surface area contributed by atoms with Crippen molar-refractivity contribution in [2.75, 3.05) is 33.4 Å². The summed E-state index contributed by atoms with van der Waals surface area (Å²) in [5.74, 6) is 0.331. The minimum atomic E-state index is -4.01. The third kappa shape index (κ3) is 8.94. The number of methoxy groups -OCH3 is 1. The van der Waals surface area contributed by atoms with Gasteiger partial charge in [0.15, 0.2) is 0 Å². The van der Waals surface area contributed by atoms with E-state index in [-0.39, 0.29) is 55.9 Å². The van der Waals surface area contributed by atoms with Crippen molar-refractivity contribution < 1.29 is 41.7 Å². The van der Waals surface area contributed by atoms with Gasteiger partial charge in [-0.15, -0.1) is 5.10 Å². The number of alkyl carbamates (subject to hydrolysis) is 1. The molecule has 0 aliphatic carbocycles. The molecule has 0 spiro atoms. The Morgan fingerprint density at radius 2 is 1.87 bits per heavy atom. The Morgan fingerprint density at radius 1 is 1.10 bits per heavy atom. The van der Waals surface area contributed by atoms with E-state index < -0.39 is 33.7 Å². The quantitative estimate of drug-likeness (QED) is 0.150. The van der Waals surface area contributed by atoms with Gasteiger partial charge in [-0.3, -0.25) is 4.79 Å². The molecule has 1 aliphatic rings. The smallest absolute Gasteiger partial charge is 0.407 e. The van der Waals surface area contributed by atoms with Crippen molar-refractivity contribution in [3.05, 3.63) is 70.8 Å². The zero-order valence-corrected chi connectivity index (χ0v) is 31.7. The van der Waals surface area contributed by atoms with Gasteiger partial charge in [0.1, 0.15) is 51.5 Å². The van der Waals surface area contributed by atoms with E-state index in [4.69, 9.17) is 23.7 Å². The van der Waals surface area contributed by atoms with E-state index in [1.807, 2.05) is 44.2 Å². The molecule has 1 aliphatic heterocycles. The predicted molar refractivity (Wildman–Crippen MR) is 193 cm³/mol. The molecule has 15 heteroatoms. The van der Waals surface area contributed by atoms with Crippen molar-refractivity contribution in [1.82, 2.24) is 24.6 Å². The summed E-state index contributed by atoms with van der Waals surface area (Å²) in [7, 11) is -0.659. The second kappa shape index (κ2) is 15.8. The van der Waals surface area contributed by atoms with Crippen LogP contribution < -0.4 is 19.5 Å². The van der Waals surface area contributed by atoms with E-state index in [9.17, 15) is 18.0 Å². The van der Waals surface area contributed by atoms with Crippen LogP contribution in [-0.2, 0) is 37.9 Å². The molecule has 1 unspecified atom stereocenters. The highest BCUT2D eigenvalue weighted by molar-refractivity contribution is 7.89. The largest absolute Gasteiger partial charge is 0.494 e. The first-order chi connectivity index (χ1) is 24.6. The van der Waals surface area contributed by atoms with Crippen molar-refractivity contribution in [3.8, 4) is 17.2 Å². The van der Waals surface area contributed by atoms with E-state index in [2.05, 4.69) is 15.6 Å². The van der Waals surface area contributed by atoms with E-state index in [0.29, 0.717) is 17.0 Å². The Morgan fingerprint density at radius 3 is 2.58 bits per heavy atom. The SMILES string of the molecule is CCOC(=O)CC(c1ccc(C)c(CN2C[C@@H](C)Oc3cc(OCCNC(=O)OC(C)(C)C)ccc3S2(=O)=O)c1)c1cc(OC)c2c(c1)nnn2C. The summed E-state index contributed by atoms with van der Waals surface area (Å²) in [6, 6.07) is 14.2.